The van der Waals surface area contributed by atoms with Gasteiger partial charge < -0.3 is 9.26 Å². The summed E-state index contributed by atoms with van der Waals surface area (Å²) in [6.45, 7) is 0. The van der Waals surface area contributed by atoms with Crippen molar-refractivity contribution in [2.24, 2.45) is 0 Å². The van der Waals surface area contributed by atoms with Gasteiger partial charge in [0.25, 0.3) is 5.56 Å². The van der Waals surface area contributed by atoms with Crippen LogP contribution in [0, 0.1) is 0 Å². The number of fused-ring (bicyclic) bond motifs is 1. The van der Waals surface area contributed by atoms with E-state index in [1.165, 1.54) is 19.2 Å². The number of methoxy groups -OCH3 is 1. The van der Waals surface area contributed by atoms with Gasteiger partial charge in [-0.25, -0.2) is 4.79 Å². The second-order valence-electron chi connectivity index (χ2n) is 2.73. The lowest BCUT2D eigenvalue weighted by Gasteiger charge is -1.99. The van der Waals surface area contributed by atoms with E-state index in [9.17, 15) is 9.59 Å². The zero-order valence-electron chi connectivity index (χ0n) is 7.37. The summed E-state index contributed by atoms with van der Waals surface area (Å²) >= 11 is 0. The van der Waals surface area contributed by atoms with Crippen LogP contribution in [0.2, 0.25) is 0 Å². The largest absolute Gasteiger partial charge is 0.497 e. The smallest absolute Gasteiger partial charge is 0.363 e. The van der Waals surface area contributed by atoms with Gasteiger partial charge in [0.15, 0.2) is 0 Å². The van der Waals surface area contributed by atoms with E-state index in [1.807, 2.05) is 5.16 Å². The van der Waals surface area contributed by atoms with Crippen molar-refractivity contribution in [1.29, 1.82) is 0 Å². The molecule has 0 spiro atoms. The molecule has 1 aromatic heterocycles. The molecule has 0 radical (unpaired) electrons. The molecule has 2 rings (SSSR count). The number of aromatic amines is 1. The van der Waals surface area contributed by atoms with Crippen LogP contribution in [0.5, 0.6) is 5.75 Å². The third-order valence-electron chi connectivity index (χ3n) is 1.93. The SMILES string of the molecule is COc1ccc2c(=O)o[nH]c(=O)c2c1. The van der Waals surface area contributed by atoms with Crippen molar-refractivity contribution in [2.75, 3.05) is 7.11 Å². The molecule has 5 nitrogen and oxygen atoms in total. The van der Waals surface area contributed by atoms with Crippen LogP contribution in [0.1, 0.15) is 0 Å². The summed E-state index contributed by atoms with van der Waals surface area (Å²) in [5.74, 6) is 0.522. The van der Waals surface area contributed by atoms with Gasteiger partial charge in [-0.2, -0.15) is 5.16 Å². The summed E-state index contributed by atoms with van der Waals surface area (Å²) < 4.78 is 9.34. The second-order valence-corrected chi connectivity index (χ2v) is 2.73. The lowest BCUT2D eigenvalue weighted by atomic mass is 10.2. The quantitative estimate of drug-likeness (QED) is 0.715. The minimum Gasteiger partial charge on any atom is -0.497 e. The van der Waals surface area contributed by atoms with E-state index in [0.717, 1.165) is 0 Å². The van der Waals surface area contributed by atoms with Crippen molar-refractivity contribution in [3.05, 3.63) is 39.0 Å². The molecule has 0 bridgehead atoms. The van der Waals surface area contributed by atoms with E-state index in [-0.39, 0.29) is 10.8 Å². The molecule has 0 saturated heterocycles. The minimum absolute atomic E-state index is 0.245. The van der Waals surface area contributed by atoms with E-state index in [4.69, 9.17) is 4.74 Å². The Morgan fingerprint density at radius 1 is 1.29 bits per heavy atom. The molecule has 1 N–H and O–H groups in total. The van der Waals surface area contributed by atoms with Crippen LogP contribution >= 0.6 is 0 Å². The van der Waals surface area contributed by atoms with Crippen LogP contribution in [0.4, 0.5) is 0 Å². The topological polar surface area (TPSA) is 72.3 Å². The van der Waals surface area contributed by atoms with Crippen LogP contribution in [-0.4, -0.2) is 12.3 Å². The van der Waals surface area contributed by atoms with Gasteiger partial charge in [0.2, 0.25) is 0 Å². The molecule has 14 heavy (non-hydrogen) atoms. The maximum atomic E-state index is 11.3. The molecule has 0 fully saturated rings. The molecular weight excluding hydrogens is 186 g/mol. The molecule has 0 atom stereocenters. The second kappa shape index (κ2) is 3.02. The molecule has 0 saturated carbocycles. The van der Waals surface area contributed by atoms with Crippen molar-refractivity contribution < 1.29 is 9.26 Å². The van der Waals surface area contributed by atoms with Gasteiger partial charge in [-0.15, -0.1) is 0 Å². The number of H-pyrrole nitrogens is 1. The van der Waals surface area contributed by atoms with Crippen LogP contribution in [-0.2, 0) is 0 Å². The number of rotatable bonds is 1. The average Bonchev–Trinajstić information content (AvgIpc) is 2.23. The zero-order chi connectivity index (χ0) is 10.1. The Labute approximate surface area is 77.9 Å². The van der Waals surface area contributed by atoms with Gasteiger partial charge in [0.05, 0.1) is 17.9 Å². The number of nitrogens with one attached hydrogen (secondary N) is 1. The van der Waals surface area contributed by atoms with Crippen LogP contribution in [0.25, 0.3) is 10.8 Å². The van der Waals surface area contributed by atoms with Crippen LogP contribution in [0.15, 0.2) is 32.3 Å². The highest BCUT2D eigenvalue weighted by Gasteiger charge is 2.04. The first-order chi connectivity index (χ1) is 6.72. The van der Waals surface area contributed by atoms with Crippen LogP contribution in [0.3, 0.4) is 0 Å². The molecule has 0 aliphatic rings. The Bertz CT molecular complexity index is 581. The fourth-order valence-electron chi connectivity index (χ4n) is 1.22. The third kappa shape index (κ3) is 1.19. The highest BCUT2D eigenvalue weighted by Crippen LogP contribution is 2.14. The molecule has 1 heterocycles. The molecule has 72 valence electrons. The summed E-state index contributed by atoms with van der Waals surface area (Å²) in [6.07, 6.45) is 0. The summed E-state index contributed by atoms with van der Waals surface area (Å²) in [4.78, 5) is 22.4. The fourth-order valence-corrected chi connectivity index (χ4v) is 1.22. The number of hydrogen-bond acceptors (Lipinski definition) is 4. The molecule has 0 amide bonds. The van der Waals surface area contributed by atoms with Gasteiger partial charge in [-0.05, 0) is 18.2 Å². The number of ether oxygens (including phenoxy) is 1. The average molecular weight is 193 g/mol. The maximum Gasteiger partial charge on any atom is 0.363 e. The lowest BCUT2D eigenvalue weighted by molar-refractivity contribution is 0.368. The third-order valence-corrected chi connectivity index (χ3v) is 1.93. The van der Waals surface area contributed by atoms with E-state index in [0.29, 0.717) is 5.75 Å². The Morgan fingerprint density at radius 2 is 2.07 bits per heavy atom. The summed E-state index contributed by atoms with van der Waals surface area (Å²) in [7, 11) is 1.49. The van der Waals surface area contributed by atoms with Crippen LogP contribution < -0.4 is 15.9 Å². The monoisotopic (exact) mass is 193 g/mol. The van der Waals surface area contributed by atoms with E-state index < -0.39 is 11.2 Å². The Kier molecular flexibility index (Phi) is 1.85. The molecule has 2 aromatic rings. The molecule has 1 aromatic carbocycles. The molecular formula is C9H7NO4. The van der Waals surface area contributed by atoms with E-state index >= 15 is 0 Å². The fraction of sp³-hybridized carbons (Fsp3) is 0.111. The summed E-state index contributed by atoms with van der Waals surface area (Å²) in [6, 6.07) is 4.58. The number of benzene rings is 1. The predicted molar refractivity (Wildman–Crippen MR) is 49.7 cm³/mol. The van der Waals surface area contributed by atoms with Crippen molar-refractivity contribution >= 4 is 10.8 Å². The maximum absolute atomic E-state index is 11.3. The summed E-state index contributed by atoms with van der Waals surface area (Å²) in [5, 5.41) is 2.50. The van der Waals surface area contributed by atoms with Gasteiger partial charge in [0.1, 0.15) is 5.75 Å². The summed E-state index contributed by atoms with van der Waals surface area (Å²) in [5.41, 5.74) is -1.01. The first-order valence-corrected chi connectivity index (χ1v) is 3.92. The first kappa shape index (κ1) is 8.55. The highest BCUT2D eigenvalue weighted by atomic mass is 16.5. The van der Waals surface area contributed by atoms with Crippen molar-refractivity contribution in [2.45, 2.75) is 0 Å². The number of hydrogen-bond donors (Lipinski definition) is 1. The highest BCUT2D eigenvalue weighted by molar-refractivity contribution is 5.81. The zero-order valence-corrected chi connectivity index (χ0v) is 7.37. The molecule has 5 heteroatoms. The number of aromatic nitrogens is 1. The first-order valence-electron chi connectivity index (χ1n) is 3.92. The van der Waals surface area contributed by atoms with Gasteiger partial charge >= 0.3 is 5.63 Å². The Morgan fingerprint density at radius 3 is 2.79 bits per heavy atom. The minimum atomic E-state index is -0.567. The molecule has 0 aliphatic carbocycles. The molecule has 0 aliphatic heterocycles. The lowest BCUT2D eigenvalue weighted by Crippen LogP contribution is -2.13. The van der Waals surface area contributed by atoms with Gasteiger partial charge in [-0.3, -0.25) is 4.79 Å². The Balaban J connectivity index is 2.94. The van der Waals surface area contributed by atoms with Crippen molar-refractivity contribution in [1.82, 2.24) is 5.16 Å². The van der Waals surface area contributed by atoms with Crippen molar-refractivity contribution in [3.8, 4) is 5.75 Å². The van der Waals surface area contributed by atoms with Crippen molar-refractivity contribution in [3.63, 3.8) is 0 Å². The molecule has 0 unspecified atom stereocenters. The van der Waals surface area contributed by atoms with Gasteiger partial charge in [-0.1, -0.05) is 0 Å². The standard InChI is InChI=1S/C9H7NO4/c1-13-5-2-3-6-7(4-5)8(11)10-14-9(6)12/h2-4H,1H3,(H,10,11). The predicted octanol–water partition coefficient (Wildman–Crippen LogP) is 0.490. The van der Waals surface area contributed by atoms with E-state index in [2.05, 4.69) is 4.52 Å². The van der Waals surface area contributed by atoms with E-state index in [1.54, 1.807) is 6.07 Å². The Hall–Kier alpha value is -2.04. The normalized spacial score (nSPS) is 10.4. The van der Waals surface area contributed by atoms with Gasteiger partial charge in [0, 0.05) is 0 Å².